The van der Waals surface area contributed by atoms with Gasteiger partial charge in [-0.05, 0) is 62.0 Å². The van der Waals surface area contributed by atoms with Crippen molar-refractivity contribution >= 4 is 59.0 Å². The number of carbonyl (C=O) groups is 5. The minimum atomic E-state index is -1.49. The van der Waals surface area contributed by atoms with Gasteiger partial charge >= 0.3 is 0 Å². The smallest absolute Gasteiger partial charge is 0.243 e. The lowest BCUT2D eigenvalue weighted by atomic mass is 9.84. The van der Waals surface area contributed by atoms with E-state index in [-0.39, 0.29) is 43.6 Å². The molecule has 18 nitrogen and oxygen atoms in total. The summed E-state index contributed by atoms with van der Waals surface area (Å²) < 4.78 is 10.5. The Morgan fingerprint density at radius 3 is 1.85 bits per heavy atom. The van der Waals surface area contributed by atoms with Gasteiger partial charge in [-0.3, -0.25) is 29.0 Å². The van der Waals surface area contributed by atoms with Gasteiger partial charge in [-0.2, -0.15) is 23.5 Å². The predicted octanol–water partition coefficient (Wildman–Crippen LogP) is -1.95. The van der Waals surface area contributed by atoms with Crippen molar-refractivity contribution in [3.05, 3.63) is 0 Å². The van der Waals surface area contributed by atoms with Crippen LogP contribution in [0.4, 0.5) is 0 Å². The third-order valence-electron chi connectivity index (χ3n) is 9.48. The third kappa shape index (κ3) is 16.1. The lowest BCUT2D eigenvalue weighted by molar-refractivity contribution is -0.271. The molecule has 2 rings (SSSR count). The fourth-order valence-corrected chi connectivity index (χ4v) is 7.49. The number of guanidine groups is 1. The van der Waals surface area contributed by atoms with E-state index in [0.717, 1.165) is 32.1 Å². The van der Waals surface area contributed by atoms with Gasteiger partial charge in [-0.25, -0.2) is 0 Å². The Morgan fingerprint density at radius 1 is 0.815 bits per heavy atom. The van der Waals surface area contributed by atoms with Crippen LogP contribution in [0, 0.1) is 5.92 Å². The maximum absolute atomic E-state index is 13.9. The standard InChI is InChI=1S/C34H62N8O10S2/c1-19(44)38-24(17-20-9-6-5-7-10-20)32(50)39-21(11-8-14-37-34(35)36)29(47)40-22(12-15-53-3)30(48)41-23(13-16-54-4)31(49)42-26-27(45)25(18-43)52-33(51-2)28(26)46/h20-28,33,43,45-46H,5-18H2,1-4H3,(H,38,44)(H,39,50)(H,40,47)(H,41,48)(H,42,49)(H4,35,36,37)/t21-,22-,23-,24-,25+,26-,27+,28-,33-/m0/s1. The van der Waals surface area contributed by atoms with Crippen molar-refractivity contribution in [2.24, 2.45) is 22.4 Å². The van der Waals surface area contributed by atoms with Crippen LogP contribution in [0.3, 0.4) is 0 Å². The number of nitrogens with two attached hydrogens (primary N) is 2. The molecule has 2 aliphatic rings. The number of amides is 5. The summed E-state index contributed by atoms with van der Waals surface area (Å²) in [4.78, 5) is 71.0. The number of nitrogens with one attached hydrogen (secondary N) is 5. The van der Waals surface area contributed by atoms with Gasteiger partial charge in [0.25, 0.3) is 0 Å². The number of aliphatic hydroxyl groups is 3. The van der Waals surface area contributed by atoms with E-state index in [9.17, 15) is 39.3 Å². The quantitative estimate of drug-likeness (QED) is 0.0305. The first-order valence-corrected chi connectivity index (χ1v) is 21.2. The van der Waals surface area contributed by atoms with Crippen molar-refractivity contribution in [1.82, 2.24) is 26.6 Å². The van der Waals surface area contributed by atoms with Crippen molar-refractivity contribution in [2.45, 2.75) is 126 Å². The molecule has 1 saturated heterocycles. The van der Waals surface area contributed by atoms with Crippen LogP contribution < -0.4 is 38.1 Å². The number of thioether (sulfide) groups is 2. The van der Waals surface area contributed by atoms with Crippen LogP contribution in [-0.4, -0.2) is 150 Å². The number of hydrogen-bond donors (Lipinski definition) is 10. The molecule has 9 atom stereocenters. The lowest BCUT2D eigenvalue weighted by Crippen LogP contribution is -2.66. The summed E-state index contributed by atoms with van der Waals surface area (Å²) in [6, 6.07) is -5.51. The molecule has 0 aromatic rings. The van der Waals surface area contributed by atoms with Gasteiger partial charge in [-0.15, -0.1) is 0 Å². The predicted molar refractivity (Wildman–Crippen MR) is 207 cm³/mol. The number of ether oxygens (including phenoxy) is 2. The summed E-state index contributed by atoms with van der Waals surface area (Å²) in [5, 5.41) is 44.7. The Labute approximate surface area is 326 Å². The summed E-state index contributed by atoms with van der Waals surface area (Å²) in [5.74, 6) is -1.86. The van der Waals surface area contributed by atoms with E-state index < -0.39 is 85.0 Å². The normalized spacial score (nSPS) is 23.9. The molecule has 0 bridgehead atoms. The molecule has 1 heterocycles. The molecular formula is C34H62N8O10S2. The van der Waals surface area contributed by atoms with Crippen LogP contribution in [-0.2, 0) is 33.4 Å². The number of methoxy groups -OCH3 is 1. The first-order valence-electron chi connectivity index (χ1n) is 18.4. The Balaban J connectivity index is 2.28. The maximum atomic E-state index is 13.9. The highest BCUT2D eigenvalue weighted by molar-refractivity contribution is 7.98. The molecule has 0 spiro atoms. The molecular weight excluding hydrogens is 745 g/mol. The minimum Gasteiger partial charge on any atom is -0.394 e. The minimum absolute atomic E-state index is 0.118. The lowest BCUT2D eigenvalue weighted by Gasteiger charge is -2.42. The third-order valence-corrected chi connectivity index (χ3v) is 10.8. The van der Waals surface area contributed by atoms with E-state index in [2.05, 4.69) is 31.6 Å². The summed E-state index contributed by atoms with van der Waals surface area (Å²) >= 11 is 2.88. The molecule has 54 heavy (non-hydrogen) atoms. The Hall–Kier alpha value is -2.88. The zero-order valence-electron chi connectivity index (χ0n) is 31.8. The Bertz CT molecular complexity index is 1210. The van der Waals surface area contributed by atoms with Crippen LogP contribution in [0.2, 0.25) is 0 Å². The number of nitrogens with zero attached hydrogens (tertiary/aromatic N) is 1. The zero-order valence-corrected chi connectivity index (χ0v) is 33.4. The van der Waals surface area contributed by atoms with Gasteiger partial charge in [0, 0.05) is 20.6 Å². The fourth-order valence-electron chi connectivity index (χ4n) is 6.55. The van der Waals surface area contributed by atoms with Crippen molar-refractivity contribution in [3.63, 3.8) is 0 Å². The Morgan fingerprint density at radius 2 is 1.35 bits per heavy atom. The maximum Gasteiger partial charge on any atom is 0.243 e. The molecule has 0 aromatic carbocycles. The van der Waals surface area contributed by atoms with Crippen molar-refractivity contribution < 1.29 is 48.8 Å². The highest BCUT2D eigenvalue weighted by atomic mass is 32.2. The van der Waals surface area contributed by atoms with E-state index in [1.165, 1.54) is 37.6 Å². The Kier molecular flexibility index (Phi) is 22.2. The second kappa shape index (κ2) is 25.3. The first-order chi connectivity index (χ1) is 25.8. The van der Waals surface area contributed by atoms with Gasteiger partial charge < -0.3 is 62.8 Å². The SMILES string of the molecule is CO[C@H]1O[C@H](CO)[C@@H](O)[C@H](NC(=O)[C@H](CCSC)NC(=O)[C@H](CCSC)NC(=O)[C@H](CCCN=C(N)N)NC(=O)[C@H](CC2CCCCC2)NC(C)=O)[C@@H]1O. The molecule has 2 fully saturated rings. The second-order valence-electron chi connectivity index (χ2n) is 13.7. The average molecular weight is 807 g/mol. The molecule has 0 radical (unpaired) electrons. The molecule has 12 N–H and O–H groups in total. The first kappa shape index (κ1) is 47.3. The highest BCUT2D eigenvalue weighted by Gasteiger charge is 2.46. The highest BCUT2D eigenvalue weighted by Crippen LogP contribution is 2.27. The monoisotopic (exact) mass is 806 g/mol. The van der Waals surface area contributed by atoms with E-state index in [1.54, 1.807) is 0 Å². The average Bonchev–Trinajstić information content (AvgIpc) is 3.14. The van der Waals surface area contributed by atoms with Crippen LogP contribution in [0.1, 0.15) is 71.1 Å². The van der Waals surface area contributed by atoms with Crippen LogP contribution in [0.5, 0.6) is 0 Å². The molecule has 5 amide bonds. The number of rotatable bonds is 23. The largest absolute Gasteiger partial charge is 0.394 e. The molecule has 0 unspecified atom stereocenters. The molecule has 1 saturated carbocycles. The van der Waals surface area contributed by atoms with Crippen molar-refractivity contribution in [2.75, 3.05) is 44.3 Å². The molecule has 310 valence electrons. The summed E-state index contributed by atoms with van der Waals surface area (Å²) in [5.41, 5.74) is 10.9. The van der Waals surface area contributed by atoms with Crippen LogP contribution in [0.25, 0.3) is 0 Å². The molecule has 1 aliphatic heterocycles. The van der Waals surface area contributed by atoms with Gasteiger partial charge in [0.2, 0.25) is 29.5 Å². The van der Waals surface area contributed by atoms with Gasteiger partial charge in [0.05, 0.1) is 12.6 Å². The van der Waals surface area contributed by atoms with Crippen LogP contribution >= 0.6 is 23.5 Å². The van der Waals surface area contributed by atoms with E-state index in [0.29, 0.717) is 24.3 Å². The van der Waals surface area contributed by atoms with E-state index in [4.69, 9.17) is 20.9 Å². The molecule has 20 heteroatoms. The number of aliphatic hydroxyl groups excluding tert-OH is 3. The zero-order chi connectivity index (χ0) is 40.2. The van der Waals surface area contributed by atoms with Gasteiger partial charge in [-0.1, -0.05) is 32.1 Å². The van der Waals surface area contributed by atoms with Crippen molar-refractivity contribution in [3.8, 4) is 0 Å². The number of aliphatic imine (C=N–C) groups is 1. The van der Waals surface area contributed by atoms with E-state index >= 15 is 0 Å². The molecule has 1 aliphatic carbocycles. The van der Waals surface area contributed by atoms with Gasteiger partial charge in [0.15, 0.2) is 12.2 Å². The molecule has 0 aromatic heterocycles. The van der Waals surface area contributed by atoms with Crippen LogP contribution in [0.15, 0.2) is 4.99 Å². The second-order valence-corrected chi connectivity index (χ2v) is 15.6. The van der Waals surface area contributed by atoms with E-state index in [1.807, 2.05) is 12.5 Å². The number of carbonyl (C=O) groups excluding carboxylic acids is 5. The van der Waals surface area contributed by atoms with Crippen molar-refractivity contribution in [1.29, 1.82) is 0 Å². The topological polar surface area (TPSA) is 289 Å². The summed E-state index contributed by atoms with van der Waals surface area (Å²) in [6.07, 6.45) is 4.62. The van der Waals surface area contributed by atoms with Gasteiger partial charge in [0.1, 0.15) is 42.5 Å². The summed E-state index contributed by atoms with van der Waals surface area (Å²) in [7, 11) is 1.27. The fraction of sp³-hybridized carbons (Fsp3) is 0.824. The number of hydrogen-bond acceptors (Lipinski definition) is 13. The summed E-state index contributed by atoms with van der Waals surface area (Å²) in [6.45, 7) is 0.911.